The van der Waals surface area contributed by atoms with Gasteiger partial charge in [0.1, 0.15) is 6.54 Å². The minimum atomic E-state index is -4.43. The van der Waals surface area contributed by atoms with Gasteiger partial charge in [-0.05, 0) is 44.5 Å². The molecule has 0 aliphatic rings. The van der Waals surface area contributed by atoms with Crippen LogP contribution in [-0.4, -0.2) is 45.5 Å². The van der Waals surface area contributed by atoms with Crippen molar-refractivity contribution >= 4 is 33.3 Å². The van der Waals surface area contributed by atoms with Crippen LogP contribution in [0.4, 0.5) is 11.4 Å². The van der Waals surface area contributed by atoms with Crippen LogP contribution in [-0.2, 0) is 24.3 Å². The second kappa shape index (κ2) is 9.56. The molecular weight excluding hydrogens is 428 g/mol. The molecule has 2 aromatic rings. The number of methoxy groups -OCH3 is 1. The van der Waals surface area contributed by atoms with Crippen LogP contribution in [0.25, 0.3) is 0 Å². The minimum Gasteiger partial charge on any atom is -0.468 e. The number of rotatable bonds is 8. The van der Waals surface area contributed by atoms with Gasteiger partial charge in [-0.1, -0.05) is 12.1 Å². The number of hydrogen-bond donors (Lipinski definition) is 0. The van der Waals surface area contributed by atoms with Crippen LogP contribution in [0, 0.1) is 24.0 Å². The average molecular weight is 450 g/mol. The molecule has 0 heterocycles. The molecule has 0 fully saturated rings. The summed E-state index contributed by atoms with van der Waals surface area (Å²) < 4.78 is 37.2. The summed E-state index contributed by atoms with van der Waals surface area (Å²) >= 11 is 0. The number of nitrogens with zero attached hydrogens (tertiary/aromatic N) is 2. The third-order valence-corrected chi connectivity index (χ3v) is 6.29. The van der Waals surface area contributed by atoms with Crippen LogP contribution >= 0.6 is 0 Å². The van der Waals surface area contributed by atoms with E-state index < -0.39 is 33.4 Å². The number of aryl methyl sites for hydroxylation is 1. The molecular formula is C20H22N2O8S. The zero-order valence-corrected chi connectivity index (χ0v) is 18.3. The van der Waals surface area contributed by atoms with Crippen molar-refractivity contribution in [2.24, 2.45) is 0 Å². The van der Waals surface area contributed by atoms with E-state index in [0.717, 1.165) is 17.5 Å². The fourth-order valence-corrected chi connectivity index (χ4v) is 4.37. The van der Waals surface area contributed by atoms with E-state index in [9.17, 15) is 28.1 Å². The van der Waals surface area contributed by atoms with Gasteiger partial charge in [-0.15, -0.1) is 0 Å². The summed E-state index contributed by atoms with van der Waals surface area (Å²) in [7, 11) is -3.33. The van der Waals surface area contributed by atoms with Crippen molar-refractivity contribution in [1.82, 2.24) is 0 Å². The number of ether oxygens (including phenoxy) is 2. The highest BCUT2D eigenvalue weighted by atomic mass is 32.2. The lowest BCUT2D eigenvalue weighted by Crippen LogP contribution is -2.37. The molecule has 0 spiro atoms. The van der Waals surface area contributed by atoms with Crippen LogP contribution in [0.15, 0.2) is 41.3 Å². The Labute approximate surface area is 179 Å². The van der Waals surface area contributed by atoms with Gasteiger partial charge in [0.05, 0.1) is 34.8 Å². The molecule has 0 bridgehead atoms. The number of benzene rings is 2. The normalized spacial score (nSPS) is 11.0. The van der Waals surface area contributed by atoms with E-state index in [0.29, 0.717) is 0 Å². The summed E-state index contributed by atoms with van der Waals surface area (Å²) in [6, 6.07) is 7.79. The van der Waals surface area contributed by atoms with Gasteiger partial charge >= 0.3 is 11.9 Å². The second-order valence-electron chi connectivity index (χ2n) is 6.46. The predicted molar refractivity (Wildman–Crippen MR) is 112 cm³/mol. The molecule has 0 aromatic heterocycles. The molecule has 11 heteroatoms. The lowest BCUT2D eigenvalue weighted by atomic mass is 10.1. The Kier molecular flexibility index (Phi) is 7.34. The van der Waals surface area contributed by atoms with Crippen LogP contribution in [0.1, 0.15) is 28.4 Å². The van der Waals surface area contributed by atoms with Gasteiger partial charge < -0.3 is 9.47 Å². The number of nitro benzene ring substituents is 1. The lowest BCUT2D eigenvalue weighted by Gasteiger charge is -2.25. The molecule has 0 radical (unpaired) electrons. The first-order chi connectivity index (χ1) is 14.5. The highest BCUT2D eigenvalue weighted by molar-refractivity contribution is 7.92. The maximum atomic E-state index is 13.4. The summed E-state index contributed by atoms with van der Waals surface area (Å²) in [5.41, 5.74) is 0.327. The molecule has 2 rings (SSSR count). The highest BCUT2D eigenvalue weighted by Gasteiger charge is 2.31. The molecule has 0 saturated heterocycles. The van der Waals surface area contributed by atoms with Crippen molar-refractivity contribution in [3.63, 3.8) is 0 Å². The average Bonchev–Trinajstić information content (AvgIpc) is 2.72. The first kappa shape index (κ1) is 23.8. The largest absolute Gasteiger partial charge is 0.468 e. The summed E-state index contributed by atoms with van der Waals surface area (Å²) in [6.45, 7) is 4.05. The fraction of sp³-hybridized carbons (Fsp3) is 0.300. The van der Waals surface area contributed by atoms with Gasteiger partial charge in [0.25, 0.3) is 15.7 Å². The summed E-state index contributed by atoms with van der Waals surface area (Å²) in [5, 5.41) is 11.3. The molecule has 0 N–H and O–H groups in total. The van der Waals surface area contributed by atoms with E-state index in [2.05, 4.69) is 4.74 Å². The maximum absolute atomic E-state index is 13.4. The van der Waals surface area contributed by atoms with Crippen molar-refractivity contribution in [2.75, 3.05) is 24.6 Å². The van der Waals surface area contributed by atoms with E-state index in [-0.39, 0.29) is 39.6 Å². The van der Waals surface area contributed by atoms with Crippen LogP contribution in [0.3, 0.4) is 0 Å². The van der Waals surface area contributed by atoms with Gasteiger partial charge in [0, 0.05) is 11.6 Å². The van der Waals surface area contributed by atoms with Gasteiger partial charge in [0.15, 0.2) is 0 Å². The molecule has 31 heavy (non-hydrogen) atoms. The molecule has 2 aromatic carbocycles. The SMILES string of the molecule is CCOC(=O)c1cccc(N(CC(=O)OC)S(=O)(=O)c2ccc(C)c([N+](=O)[O-])c2)c1C. The molecule has 166 valence electrons. The summed E-state index contributed by atoms with van der Waals surface area (Å²) in [4.78, 5) is 34.4. The van der Waals surface area contributed by atoms with Crippen molar-refractivity contribution < 1.29 is 32.4 Å². The number of hydrogen-bond acceptors (Lipinski definition) is 8. The lowest BCUT2D eigenvalue weighted by molar-refractivity contribution is -0.385. The van der Waals surface area contributed by atoms with E-state index in [1.807, 2.05) is 0 Å². The Bertz CT molecular complexity index is 1130. The fourth-order valence-electron chi connectivity index (χ4n) is 2.88. The standard InChI is InChI=1S/C20H22N2O8S/c1-5-30-20(24)16-7-6-8-17(14(16)3)21(12-19(23)29-4)31(27,28)15-10-9-13(2)18(11-15)22(25)26/h6-11H,5,12H2,1-4H3. The number of esters is 2. The smallest absolute Gasteiger partial charge is 0.338 e. The molecule has 0 aliphatic heterocycles. The minimum absolute atomic E-state index is 0.0409. The Hall–Kier alpha value is -3.47. The zero-order valence-electron chi connectivity index (χ0n) is 17.4. The molecule has 0 aliphatic carbocycles. The number of anilines is 1. The van der Waals surface area contributed by atoms with E-state index in [1.54, 1.807) is 6.92 Å². The third kappa shape index (κ3) is 5.00. The van der Waals surface area contributed by atoms with E-state index in [1.165, 1.54) is 44.2 Å². The van der Waals surface area contributed by atoms with E-state index >= 15 is 0 Å². The van der Waals surface area contributed by atoms with Crippen molar-refractivity contribution in [3.05, 3.63) is 63.2 Å². The Morgan fingerprint density at radius 3 is 2.42 bits per heavy atom. The Morgan fingerprint density at radius 1 is 1.16 bits per heavy atom. The van der Waals surface area contributed by atoms with Crippen LogP contribution < -0.4 is 4.31 Å². The zero-order chi connectivity index (χ0) is 23.3. The molecule has 0 atom stereocenters. The summed E-state index contributed by atoms with van der Waals surface area (Å²) in [6.07, 6.45) is 0. The van der Waals surface area contributed by atoms with Gasteiger partial charge in [-0.25, -0.2) is 13.2 Å². The van der Waals surface area contributed by atoms with Crippen molar-refractivity contribution in [1.29, 1.82) is 0 Å². The highest BCUT2D eigenvalue weighted by Crippen LogP contribution is 2.31. The second-order valence-corrected chi connectivity index (χ2v) is 8.33. The molecule has 0 saturated carbocycles. The first-order valence-corrected chi connectivity index (χ1v) is 10.6. The summed E-state index contributed by atoms with van der Waals surface area (Å²) in [5.74, 6) is -1.51. The van der Waals surface area contributed by atoms with Crippen molar-refractivity contribution in [2.45, 2.75) is 25.7 Å². The quantitative estimate of drug-likeness (QED) is 0.340. The Morgan fingerprint density at radius 2 is 1.84 bits per heavy atom. The van der Waals surface area contributed by atoms with Gasteiger partial charge in [0.2, 0.25) is 0 Å². The molecule has 10 nitrogen and oxygen atoms in total. The molecule has 0 amide bonds. The maximum Gasteiger partial charge on any atom is 0.338 e. The third-order valence-electron chi connectivity index (χ3n) is 4.53. The number of carbonyl (C=O) groups excluding carboxylic acids is 2. The molecule has 0 unspecified atom stereocenters. The van der Waals surface area contributed by atoms with Crippen molar-refractivity contribution in [3.8, 4) is 0 Å². The number of carbonyl (C=O) groups is 2. The first-order valence-electron chi connectivity index (χ1n) is 9.15. The van der Waals surface area contributed by atoms with Crippen LogP contribution in [0.2, 0.25) is 0 Å². The van der Waals surface area contributed by atoms with E-state index in [4.69, 9.17) is 4.74 Å². The number of sulfonamides is 1. The topological polar surface area (TPSA) is 133 Å². The monoisotopic (exact) mass is 450 g/mol. The van der Waals surface area contributed by atoms with Crippen LogP contribution in [0.5, 0.6) is 0 Å². The van der Waals surface area contributed by atoms with Gasteiger partial charge in [-0.3, -0.25) is 19.2 Å². The number of nitro groups is 1. The predicted octanol–water partition coefficient (Wildman–Crippen LogP) is 2.76. The van der Waals surface area contributed by atoms with Gasteiger partial charge in [-0.2, -0.15) is 0 Å². The Balaban J connectivity index is 2.69.